The molecule has 0 aliphatic heterocycles. The third-order valence-electron chi connectivity index (χ3n) is 2.36. The van der Waals surface area contributed by atoms with Crippen LogP contribution in [0, 0.1) is 0 Å². The molecule has 0 bridgehead atoms. The Morgan fingerprint density at radius 1 is 1.26 bits per heavy atom. The van der Waals surface area contributed by atoms with Gasteiger partial charge in [-0.2, -0.15) is 13.2 Å². The van der Waals surface area contributed by atoms with Crippen LogP contribution < -0.4 is 5.32 Å². The number of aliphatic hydroxyl groups excluding tert-OH is 1. The van der Waals surface area contributed by atoms with E-state index < -0.39 is 31.2 Å². The highest BCUT2D eigenvalue weighted by Gasteiger charge is 2.31. The first kappa shape index (κ1) is 15.3. The molecule has 106 valence electrons. The highest BCUT2D eigenvalue weighted by Crippen LogP contribution is 2.19. The minimum absolute atomic E-state index is 0.0606. The van der Waals surface area contributed by atoms with Gasteiger partial charge in [0.25, 0.3) is 0 Å². The number of carbonyl (C=O) groups is 1. The molecular formula is C12H14F3NO3. The second kappa shape index (κ2) is 6.42. The molecule has 7 heteroatoms. The monoisotopic (exact) mass is 277 g/mol. The standard InChI is InChI=1S/C12H14F3NO3/c13-12(14,15)6-11(19)16-9(7-17)5-8-1-3-10(18)4-2-8/h1-4,9,17-18H,5-7H2,(H,16,19)/t9-/m0/s1. The number of hydrogen-bond acceptors (Lipinski definition) is 3. The summed E-state index contributed by atoms with van der Waals surface area (Å²) in [5, 5.41) is 20.2. The molecule has 19 heavy (non-hydrogen) atoms. The molecule has 0 aliphatic rings. The van der Waals surface area contributed by atoms with Crippen LogP contribution in [0.4, 0.5) is 13.2 Å². The van der Waals surface area contributed by atoms with Crippen LogP contribution in [0.1, 0.15) is 12.0 Å². The fourth-order valence-corrected chi connectivity index (χ4v) is 1.54. The summed E-state index contributed by atoms with van der Waals surface area (Å²) in [6.45, 7) is -0.468. The molecule has 1 aromatic rings. The van der Waals surface area contributed by atoms with Crippen LogP contribution in [0.5, 0.6) is 5.75 Å². The summed E-state index contributed by atoms with van der Waals surface area (Å²) in [6, 6.07) is 5.17. The zero-order chi connectivity index (χ0) is 14.5. The van der Waals surface area contributed by atoms with Gasteiger partial charge < -0.3 is 15.5 Å². The SMILES string of the molecule is O=C(CC(F)(F)F)N[C@H](CO)Cc1ccc(O)cc1. The Labute approximate surface area is 107 Å². The average Bonchev–Trinajstić information content (AvgIpc) is 2.28. The van der Waals surface area contributed by atoms with Gasteiger partial charge in [-0.1, -0.05) is 12.1 Å². The molecule has 0 heterocycles. The average molecular weight is 277 g/mol. The molecule has 0 saturated heterocycles. The van der Waals surface area contributed by atoms with Crippen molar-refractivity contribution in [3.05, 3.63) is 29.8 Å². The van der Waals surface area contributed by atoms with Crippen molar-refractivity contribution in [2.24, 2.45) is 0 Å². The number of amides is 1. The highest BCUT2D eigenvalue weighted by atomic mass is 19.4. The normalized spacial score (nSPS) is 13.1. The van der Waals surface area contributed by atoms with E-state index in [1.165, 1.54) is 12.1 Å². The number of hydrogen-bond donors (Lipinski definition) is 3. The number of rotatable bonds is 5. The molecule has 1 atom stereocenters. The van der Waals surface area contributed by atoms with Gasteiger partial charge in [-0.25, -0.2) is 0 Å². The number of aromatic hydroxyl groups is 1. The van der Waals surface area contributed by atoms with Gasteiger partial charge in [0, 0.05) is 0 Å². The minimum Gasteiger partial charge on any atom is -0.508 e. The molecule has 0 fully saturated rings. The van der Waals surface area contributed by atoms with Gasteiger partial charge in [-0.3, -0.25) is 4.79 Å². The van der Waals surface area contributed by atoms with Gasteiger partial charge >= 0.3 is 6.18 Å². The lowest BCUT2D eigenvalue weighted by atomic mass is 10.1. The summed E-state index contributed by atoms with van der Waals surface area (Å²) in [7, 11) is 0. The van der Waals surface area contributed by atoms with Crippen molar-refractivity contribution in [1.82, 2.24) is 5.32 Å². The second-order valence-electron chi connectivity index (χ2n) is 4.11. The largest absolute Gasteiger partial charge is 0.508 e. The number of halogens is 3. The third-order valence-corrected chi connectivity index (χ3v) is 2.36. The van der Waals surface area contributed by atoms with Crippen LogP contribution in [0.3, 0.4) is 0 Å². The van der Waals surface area contributed by atoms with Crippen molar-refractivity contribution >= 4 is 5.91 Å². The van der Waals surface area contributed by atoms with E-state index in [4.69, 9.17) is 10.2 Å². The van der Waals surface area contributed by atoms with Crippen molar-refractivity contribution < 1.29 is 28.2 Å². The summed E-state index contributed by atoms with van der Waals surface area (Å²) in [5.74, 6) is -1.12. The molecule has 1 aromatic carbocycles. The van der Waals surface area contributed by atoms with Crippen molar-refractivity contribution in [3.8, 4) is 5.75 Å². The number of alkyl halides is 3. The summed E-state index contributed by atoms with van der Waals surface area (Å²) >= 11 is 0. The van der Waals surface area contributed by atoms with Crippen LogP contribution >= 0.6 is 0 Å². The van der Waals surface area contributed by atoms with E-state index in [0.29, 0.717) is 5.56 Å². The number of phenolic OH excluding ortho intramolecular Hbond substituents is 1. The molecule has 0 aliphatic carbocycles. The Balaban J connectivity index is 2.54. The first-order chi connectivity index (χ1) is 8.80. The number of nitrogens with one attached hydrogen (secondary N) is 1. The van der Waals surface area contributed by atoms with E-state index in [9.17, 15) is 18.0 Å². The molecule has 1 amide bonds. The third kappa shape index (κ3) is 6.10. The predicted molar refractivity (Wildman–Crippen MR) is 61.5 cm³/mol. The van der Waals surface area contributed by atoms with Crippen LogP contribution in [0.15, 0.2) is 24.3 Å². The zero-order valence-electron chi connectivity index (χ0n) is 9.94. The topological polar surface area (TPSA) is 69.6 Å². The van der Waals surface area contributed by atoms with Crippen molar-refractivity contribution in [2.75, 3.05) is 6.61 Å². The van der Waals surface area contributed by atoms with Crippen LogP contribution in [0.25, 0.3) is 0 Å². The van der Waals surface area contributed by atoms with E-state index in [0.717, 1.165) is 0 Å². The van der Waals surface area contributed by atoms with E-state index >= 15 is 0 Å². The molecule has 0 unspecified atom stereocenters. The maximum Gasteiger partial charge on any atom is 0.397 e. The molecule has 4 nitrogen and oxygen atoms in total. The van der Waals surface area contributed by atoms with Gasteiger partial charge in [-0.05, 0) is 24.1 Å². The van der Waals surface area contributed by atoms with Crippen LogP contribution in [-0.2, 0) is 11.2 Å². The molecule has 3 N–H and O–H groups in total. The Bertz CT molecular complexity index is 417. The number of carbonyl (C=O) groups excluding carboxylic acids is 1. The van der Waals surface area contributed by atoms with Gasteiger partial charge in [0.1, 0.15) is 12.2 Å². The zero-order valence-corrected chi connectivity index (χ0v) is 9.94. The lowest BCUT2D eigenvalue weighted by Crippen LogP contribution is -2.40. The van der Waals surface area contributed by atoms with Crippen LogP contribution in [0.2, 0.25) is 0 Å². The Kier molecular flexibility index (Phi) is 5.17. The molecular weight excluding hydrogens is 263 g/mol. The van der Waals surface area contributed by atoms with Gasteiger partial charge in [0.2, 0.25) is 5.91 Å². The van der Waals surface area contributed by atoms with E-state index in [-0.39, 0.29) is 12.2 Å². The van der Waals surface area contributed by atoms with Gasteiger partial charge in [0.05, 0.1) is 12.6 Å². The fraction of sp³-hybridized carbons (Fsp3) is 0.417. The lowest BCUT2D eigenvalue weighted by Gasteiger charge is -2.17. The minimum atomic E-state index is -4.57. The highest BCUT2D eigenvalue weighted by molar-refractivity contribution is 5.76. The van der Waals surface area contributed by atoms with E-state index in [2.05, 4.69) is 5.32 Å². The van der Waals surface area contributed by atoms with Crippen molar-refractivity contribution in [3.63, 3.8) is 0 Å². The number of aliphatic hydroxyl groups is 1. The Morgan fingerprint density at radius 2 is 1.84 bits per heavy atom. The maximum absolute atomic E-state index is 12.0. The maximum atomic E-state index is 12.0. The smallest absolute Gasteiger partial charge is 0.397 e. The molecule has 0 aromatic heterocycles. The summed E-state index contributed by atoms with van der Waals surface area (Å²) in [6.07, 6.45) is -5.96. The number of phenols is 1. The first-order valence-electron chi connectivity index (χ1n) is 5.55. The summed E-state index contributed by atoms with van der Waals surface area (Å²) in [4.78, 5) is 11.1. The molecule has 0 spiro atoms. The van der Waals surface area contributed by atoms with Crippen LogP contribution in [-0.4, -0.2) is 34.9 Å². The van der Waals surface area contributed by atoms with Crippen molar-refractivity contribution in [1.29, 1.82) is 0 Å². The molecule has 0 saturated carbocycles. The Morgan fingerprint density at radius 3 is 2.32 bits per heavy atom. The molecule has 0 radical (unpaired) electrons. The lowest BCUT2D eigenvalue weighted by molar-refractivity contribution is -0.154. The van der Waals surface area contributed by atoms with E-state index in [1.807, 2.05) is 0 Å². The quantitative estimate of drug-likeness (QED) is 0.761. The second-order valence-corrected chi connectivity index (χ2v) is 4.11. The van der Waals surface area contributed by atoms with Gasteiger partial charge in [-0.15, -0.1) is 0 Å². The number of benzene rings is 1. The van der Waals surface area contributed by atoms with E-state index in [1.54, 1.807) is 12.1 Å². The summed E-state index contributed by atoms with van der Waals surface area (Å²) in [5.41, 5.74) is 0.684. The summed E-state index contributed by atoms with van der Waals surface area (Å²) < 4.78 is 35.9. The predicted octanol–water partition coefficient (Wildman–Crippen LogP) is 1.36. The van der Waals surface area contributed by atoms with Crippen molar-refractivity contribution in [2.45, 2.75) is 25.1 Å². The van der Waals surface area contributed by atoms with Gasteiger partial charge in [0.15, 0.2) is 0 Å². The fourth-order valence-electron chi connectivity index (χ4n) is 1.54. The Hall–Kier alpha value is -1.76. The first-order valence-corrected chi connectivity index (χ1v) is 5.55. The molecule has 1 rings (SSSR count).